The quantitative estimate of drug-likeness (QED) is 0.758. The van der Waals surface area contributed by atoms with Gasteiger partial charge in [0.15, 0.2) is 0 Å². The molecule has 0 unspecified atom stereocenters. The van der Waals surface area contributed by atoms with Crippen molar-refractivity contribution in [2.24, 2.45) is 0 Å². The molecule has 2 rings (SSSR count). The van der Waals surface area contributed by atoms with Gasteiger partial charge in [0.05, 0.1) is 6.61 Å². The van der Waals surface area contributed by atoms with Gasteiger partial charge in [0.2, 0.25) is 0 Å². The van der Waals surface area contributed by atoms with Crippen LogP contribution in [0.2, 0.25) is 0 Å². The topological polar surface area (TPSA) is 22.1 Å². The number of pyridine rings is 1. The van der Waals surface area contributed by atoms with Gasteiger partial charge in [-0.3, -0.25) is 4.98 Å². The molecule has 1 aromatic carbocycles. The van der Waals surface area contributed by atoms with E-state index in [-0.39, 0.29) is 0 Å². The zero-order valence-corrected chi connectivity index (χ0v) is 8.68. The Hall–Kier alpha value is -1.67. The minimum absolute atomic E-state index is 0.637. The molecule has 0 aliphatic carbocycles. The maximum atomic E-state index is 5.17. The van der Waals surface area contributed by atoms with Crippen LogP contribution in [-0.4, -0.2) is 12.1 Å². The maximum Gasteiger partial charge on any atom is 0.0719 e. The molecule has 2 aromatic rings. The first-order chi connectivity index (χ1) is 7.42. The number of benzene rings is 1. The normalized spacial score (nSPS) is 10.2. The van der Waals surface area contributed by atoms with Crippen molar-refractivity contribution in [2.45, 2.75) is 6.61 Å². The summed E-state index contributed by atoms with van der Waals surface area (Å²) >= 11 is 0. The van der Waals surface area contributed by atoms with Crippen LogP contribution in [0.5, 0.6) is 0 Å². The summed E-state index contributed by atoms with van der Waals surface area (Å²) in [4.78, 5) is 4.02. The highest BCUT2D eigenvalue weighted by molar-refractivity contribution is 5.66. The Kier molecular flexibility index (Phi) is 3.10. The van der Waals surface area contributed by atoms with Crippen molar-refractivity contribution in [3.05, 3.63) is 54.4 Å². The first kappa shape index (κ1) is 9.87. The first-order valence-electron chi connectivity index (χ1n) is 4.89. The number of methoxy groups -OCH3 is 1. The number of hydrogen-bond acceptors (Lipinski definition) is 2. The van der Waals surface area contributed by atoms with Gasteiger partial charge in [0.1, 0.15) is 0 Å². The van der Waals surface area contributed by atoms with Gasteiger partial charge in [0, 0.05) is 19.5 Å². The van der Waals surface area contributed by atoms with Gasteiger partial charge in [0.25, 0.3) is 0 Å². The molecule has 0 atom stereocenters. The monoisotopic (exact) mass is 199 g/mol. The fourth-order valence-corrected chi connectivity index (χ4v) is 1.61. The Morgan fingerprint density at radius 3 is 2.53 bits per heavy atom. The zero-order valence-electron chi connectivity index (χ0n) is 8.68. The van der Waals surface area contributed by atoms with Gasteiger partial charge < -0.3 is 4.74 Å². The third kappa shape index (κ3) is 2.22. The lowest BCUT2D eigenvalue weighted by molar-refractivity contribution is 0.185. The summed E-state index contributed by atoms with van der Waals surface area (Å²) in [7, 11) is 1.71. The maximum absolute atomic E-state index is 5.17. The molecule has 0 amide bonds. The van der Waals surface area contributed by atoms with Crippen molar-refractivity contribution in [2.75, 3.05) is 7.11 Å². The lowest BCUT2D eigenvalue weighted by Crippen LogP contribution is -1.91. The van der Waals surface area contributed by atoms with Crippen LogP contribution in [0.15, 0.2) is 48.8 Å². The predicted molar refractivity (Wildman–Crippen MR) is 60.4 cm³/mol. The summed E-state index contributed by atoms with van der Waals surface area (Å²) in [6.07, 6.45) is 3.61. The highest BCUT2D eigenvalue weighted by Crippen LogP contribution is 2.23. The fraction of sp³-hybridized carbons (Fsp3) is 0.154. The van der Waals surface area contributed by atoms with Crippen LogP contribution in [0.4, 0.5) is 0 Å². The molecule has 0 saturated carbocycles. The highest BCUT2D eigenvalue weighted by atomic mass is 16.5. The van der Waals surface area contributed by atoms with E-state index >= 15 is 0 Å². The van der Waals surface area contributed by atoms with E-state index in [2.05, 4.69) is 17.1 Å². The molecular formula is C13H13NO. The number of nitrogens with zero attached hydrogens (tertiary/aromatic N) is 1. The van der Waals surface area contributed by atoms with E-state index in [1.807, 2.05) is 24.3 Å². The van der Waals surface area contributed by atoms with Crippen LogP contribution in [-0.2, 0) is 11.3 Å². The van der Waals surface area contributed by atoms with Gasteiger partial charge in [-0.25, -0.2) is 0 Å². The summed E-state index contributed by atoms with van der Waals surface area (Å²) in [5.41, 5.74) is 3.59. The first-order valence-corrected chi connectivity index (χ1v) is 4.89. The van der Waals surface area contributed by atoms with E-state index in [0.717, 1.165) is 0 Å². The Balaban J connectivity index is 2.43. The molecule has 2 nitrogen and oxygen atoms in total. The summed E-state index contributed by atoms with van der Waals surface area (Å²) in [6.45, 7) is 0.637. The van der Waals surface area contributed by atoms with Gasteiger partial charge in [-0.05, 0) is 28.8 Å². The van der Waals surface area contributed by atoms with E-state index < -0.39 is 0 Å². The molecule has 0 N–H and O–H groups in total. The number of aromatic nitrogens is 1. The van der Waals surface area contributed by atoms with E-state index in [4.69, 9.17) is 4.74 Å². The third-order valence-electron chi connectivity index (χ3n) is 2.31. The van der Waals surface area contributed by atoms with E-state index in [1.165, 1.54) is 16.7 Å². The molecule has 0 bridgehead atoms. The zero-order chi connectivity index (χ0) is 10.5. The van der Waals surface area contributed by atoms with E-state index in [9.17, 15) is 0 Å². The van der Waals surface area contributed by atoms with Gasteiger partial charge in [-0.1, -0.05) is 24.3 Å². The van der Waals surface area contributed by atoms with E-state index in [1.54, 1.807) is 19.5 Å². The van der Waals surface area contributed by atoms with Gasteiger partial charge in [-0.2, -0.15) is 0 Å². The van der Waals surface area contributed by atoms with Crippen molar-refractivity contribution in [1.82, 2.24) is 4.98 Å². The Morgan fingerprint density at radius 1 is 1.07 bits per heavy atom. The van der Waals surface area contributed by atoms with Crippen LogP contribution in [0.1, 0.15) is 5.56 Å². The second-order valence-electron chi connectivity index (χ2n) is 3.33. The average Bonchev–Trinajstić information content (AvgIpc) is 2.31. The number of hydrogen-bond donors (Lipinski definition) is 0. The standard InChI is InChI=1S/C13H13NO/c1-15-10-12-4-2-3-5-13(12)11-6-8-14-9-7-11/h2-9H,10H2,1H3. The van der Waals surface area contributed by atoms with Crippen LogP contribution >= 0.6 is 0 Å². The third-order valence-corrected chi connectivity index (χ3v) is 2.31. The lowest BCUT2D eigenvalue weighted by Gasteiger charge is -2.08. The molecule has 1 heterocycles. The smallest absolute Gasteiger partial charge is 0.0719 e. The molecule has 0 radical (unpaired) electrons. The highest BCUT2D eigenvalue weighted by Gasteiger charge is 2.02. The summed E-state index contributed by atoms with van der Waals surface area (Å²) in [5.74, 6) is 0. The second kappa shape index (κ2) is 4.71. The number of rotatable bonds is 3. The molecule has 0 aliphatic heterocycles. The molecule has 2 heteroatoms. The van der Waals surface area contributed by atoms with Crippen molar-refractivity contribution in [3.63, 3.8) is 0 Å². The minimum Gasteiger partial charge on any atom is -0.380 e. The van der Waals surface area contributed by atoms with E-state index in [0.29, 0.717) is 6.61 Å². The van der Waals surface area contributed by atoms with Crippen LogP contribution in [0.3, 0.4) is 0 Å². The van der Waals surface area contributed by atoms with Crippen LogP contribution < -0.4 is 0 Å². The molecule has 76 valence electrons. The molecule has 0 fully saturated rings. The summed E-state index contributed by atoms with van der Waals surface area (Å²) in [6, 6.07) is 12.3. The van der Waals surface area contributed by atoms with Gasteiger partial charge in [-0.15, -0.1) is 0 Å². The number of ether oxygens (including phenoxy) is 1. The molecule has 1 aromatic heterocycles. The Labute approximate surface area is 89.6 Å². The molecule has 15 heavy (non-hydrogen) atoms. The largest absolute Gasteiger partial charge is 0.380 e. The van der Waals surface area contributed by atoms with Gasteiger partial charge >= 0.3 is 0 Å². The van der Waals surface area contributed by atoms with Crippen LogP contribution in [0.25, 0.3) is 11.1 Å². The second-order valence-corrected chi connectivity index (χ2v) is 3.33. The minimum atomic E-state index is 0.637. The predicted octanol–water partition coefficient (Wildman–Crippen LogP) is 2.90. The fourth-order valence-electron chi connectivity index (χ4n) is 1.61. The van der Waals surface area contributed by atoms with Crippen molar-refractivity contribution in [1.29, 1.82) is 0 Å². The summed E-state index contributed by atoms with van der Waals surface area (Å²) < 4.78 is 5.17. The van der Waals surface area contributed by atoms with Crippen molar-refractivity contribution in [3.8, 4) is 11.1 Å². The lowest BCUT2D eigenvalue weighted by atomic mass is 10.0. The Bertz CT molecular complexity index is 426. The molecule has 0 spiro atoms. The average molecular weight is 199 g/mol. The van der Waals surface area contributed by atoms with Crippen LogP contribution in [0, 0.1) is 0 Å². The molecule has 0 saturated heterocycles. The molecular weight excluding hydrogens is 186 g/mol. The summed E-state index contributed by atoms with van der Waals surface area (Å²) in [5, 5.41) is 0. The van der Waals surface area contributed by atoms with Crippen molar-refractivity contribution < 1.29 is 4.74 Å². The van der Waals surface area contributed by atoms with Crippen molar-refractivity contribution >= 4 is 0 Å². The Morgan fingerprint density at radius 2 is 1.80 bits per heavy atom. The SMILES string of the molecule is COCc1ccccc1-c1ccncc1. The molecule has 0 aliphatic rings.